The summed E-state index contributed by atoms with van der Waals surface area (Å²) in [6.07, 6.45) is 2.06. The lowest BCUT2D eigenvalue weighted by Gasteiger charge is -2.37. The van der Waals surface area contributed by atoms with Crippen LogP contribution in [-0.2, 0) is 9.59 Å². The van der Waals surface area contributed by atoms with Gasteiger partial charge >= 0.3 is 0 Å². The highest BCUT2D eigenvalue weighted by Crippen LogP contribution is 2.21. The van der Waals surface area contributed by atoms with E-state index in [1.807, 2.05) is 30.3 Å². The Labute approximate surface area is 180 Å². The van der Waals surface area contributed by atoms with Crippen LogP contribution in [-0.4, -0.2) is 61.6 Å². The average Bonchev–Trinajstić information content (AvgIpc) is 2.81. The number of ether oxygens (including phenoxy) is 1. The molecule has 2 aliphatic rings. The van der Waals surface area contributed by atoms with Gasteiger partial charge in [0.05, 0.1) is 12.8 Å². The number of methoxy groups -OCH3 is 1. The first-order valence-electron chi connectivity index (χ1n) is 10.2. The minimum atomic E-state index is -0.265. The summed E-state index contributed by atoms with van der Waals surface area (Å²) in [7, 11) is 1.61. The third kappa shape index (κ3) is 4.79. The molecule has 0 saturated carbocycles. The number of nitrogens with one attached hydrogen (secondary N) is 1. The molecule has 1 fully saturated rings. The number of hydrogen-bond acceptors (Lipinski definition) is 5. The minimum Gasteiger partial charge on any atom is -0.497 e. The van der Waals surface area contributed by atoms with E-state index >= 15 is 0 Å². The van der Waals surface area contributed by atoms with Crippen LogP contribution in [0.15, 0.2) is 54.6 Å². The summed E-state index contributed by atoms with van der Waals surface area (Å²) in [5, 5.41) is 1.38. The molecule has 2 aliphatic heterocycles. The van der Waals surface area contributed by atoms with Crippen LogP contribution < -0.4 is 15.1 Å². The molecule has 1 saturated heterocycles. The van der Waals surface area contributed by atoms with Crippen molar-refractivity contribution in [3.63, 3.8) is 0 Å². The highest BCUT2D eigenvalue weighted by Gasteiger charge is 2.27. The fourth-order valence-corrected chi connectivity index (χ4v) is 3.73. The molecule has 4 rings (SSSR count). The van der Waals surface area contributed by atoms with Crippen LogP contribution in [0.2, 0.25) is 0 Å². The van der Waals surface area contributed by atoms with Crippen molar-refractivity contribution < 1.29 is 18.7 Å². The molecular formula is C23H25FN4O3. The number of hydrogen-bond donors (Lipinski definition) is 1. The summed E-state index contributed by atoms with van der Waals surface area (Å²) in [5.74, 6) is 0.244. The van der Waals surface area contributed by atoms with Crippen molar-refractivity contribution in [3.05, 3.63) is 66.0 Å². The summed E-state index contributed by atoms with van der Waals surface area (Å²) in [6, 6.07) is 13.9. The number of carbonyl (C=O) groups is 2. The van der Waals surface area contributed by atoms with Crippen molar-refractivity contribution >= 4 is 23.2 Å². The summed E-state index contributed by atoms with van der Waals surface area (Å²) >= 11 is 0. The number of benzene rings is 2. The van der Waals surface area contributed by atoms with Gasteiger partial charge in [0.2, 0.25) is 11.8 Å². The SMILES string of the molecule is COc1ccc(C2=CCC(=O)N(CC(=O)N3CCN(c4ccc(F)cc4)CC3)N2)cc1. The molecule has 162 valence electrons. The van der Waals surface area contributed by atoms with Crippen molar-refractivity contribution in [1.29, 1.82) is 0 Å². The number of anilines is 1. The van der Waals surface area contributed by atoms with E-state index in [9.17, 15) is 14.0 Å². The third-order valence-corrected chi connectivity index (χ3v) is 5.56. The Balaban J connectivity index is 1.33. The van der Waals surface area contributed by atoms with Crippen molar-refractivity contribution in [3.8, 4) is 5.75 Å². The van der Waals surface area contributed by atoms with E-state index in [0.29, 0.717) is 26.2 Å². The van der Waals surface area contributed by atoms with Crippen LogP contribution in [0.25, 0.3) is 5.70 Å². The molecule has 1 N–H and O–H groups in total. The predicted molar refractivity (Wildman–Crippen MR) is 116 cm³/mol. The topological polar surface area (TPSA) is 65.1 Å². The van der Waals surface area contributed by atoms with E-state index < -0.39 is 0 Å². The molecule has 0 radical (unpaired) electrons. The molecular weight excluding hydrogens is 399 g/mol. The Hall–Kier alpha value is -3.55. The van der Waals surface area contributed by atoms with Crippen LogP contribution in [0.3, 0.4) is 0 Å². The molecule has 31 heavy (non-hydrogen) atoms. The summed E-state index contributed by atoms with van der Waals surface area (Å²) in [4.78, 5) is 29.0. The van der Waals surface area contributed by atoms with Gasteiger partial charge in [-0.05, 0) is 60.2 Å². The molecule has 7 nitrogen and oxygen atoms in total. The zero-order valence-corrected chi connectivity index (χ0v) is 17.4. The maximum absolute atomic E-state index is 13.1. The largest absolute Gasteiger partial charge is 0.497 e. The molecule has 2 aromatic rings. The molecule has 2 amide bonds. The lowest BCUT2D eigenvalue weighted by atomic mass is 10.1. The van der Waals surface area contributed by atoms with Gasteiger partial charge in [-0.1, -0.05) is 0 Å². The molecule has 0 aromatic heterocycles. The van der Waals surface area contributed by atoms with Gasteiger partial charge in [-0.3, -0.25) is 15.0 Å². The molecule has 0 aliphatic carbocycles. The van der Waals surface area contributed by atoms with Crippen LogP contribution in [0.1, 0.15) is 12.0 Å². The maximum Gasteiger partial charge on any atom is 0.245 e. The molecule has 0 unspecified atom stereocenters. The second-order valence-electron chi connectivity index (χ2n) is 7.49. The molecule has 8 heteroatoms. The fourth-order valence-electron chi connectivity index (χ4n) is 3.73. The lowest BCUT2D eigenvalue weighted by molar-refractivity contribution is -0.142. The van der Waals surface area contributed by atoms with E-state index in [1.165, 1.54) is 17.1 Å². The van der Waals surface area contributed by atoms with Gasteiger partial charge in [-0.15, -0.1) is 0 Å². The van der Waals surface area contributed by atoms with Gasteiger partial charge < -0.3 is 14.5 Å². The van der Waals surface area contributed by atoms with E-state index in [1.54, 1.807) is 24.1 Å². The lowest BCUT2D eigenvalue weighted by Crippen LogP contribution is -2.54. The second kappa shape index (κ2) is 9.07. The van der Waals surface area contributed by atoms with Crippen LogP contribution in [0, 0.1) is 5.82 Å². The van der Waals surface area contributed by atoms with E-state index in [2.05, 4.69) is 10.3 Å². The van der Waals surface area contributed by atoms with Crippen molar-refractivity contribution in [2.45, 2.75) is 6.42 Å². The Bertz CT molecular complexity index is 967. The number of nitrogens with zero attached hydrogens (tertiary/aromatic N) is 3. The Morgan fingerprint density at radius 2 is 1.71 bits per heavy atom. The van der Waals surface area contributed by atoms with Crippen molar-refractivity contribution in [1.82, 2.24) is 15.3 Å². The third-order valence-electron chi connectivity index (χ3n) is 5.56. The Morgan fingerprint density at radius 1 is 1.03 bits per heavy atom. The van der Waals surface area contributed by atoms with Crippen LogP contribution in [0.5, 0.6) is 5.75 Å². The van der Waals surface area contributed by atoms with E-state index in [0.717, 1.165) is 22.7 Å². The monoisotopic (exact) mass is 424 g/mol. The normalized spacial score (nSPS) is 16.6. The second-order valence-corrected chi connectivity index (χ2v) is 7.49. The van der Waals surface area contributed by atoms with Crippen LogP contribution >= 0.6 is 0 Å². The first-order chi connectivity index (χ1) is 15.0. The Kier molecular flexibility index (Phi) is 6.06. The first-order valence-corrected chi connectivity index (χ1v) is 10.2. The quantitative estimate of drug-likeness (QED) is 0.798. The number of carbonyl (C=O) groups excluding carboxylic acids is 2. The zero-order valence-electron chi connectivity index (χ0n) is 17.4. The van der Waals surface area contributed by atoms with Gasteiger partial charge in [-0.25, -0.2) is 9.40 Å². The van der Waals surface area contributed by atoms with E-state index in [-0.39, 0.29) is 30.6 Å². The van der Waals surface area contributed by atoms with Crippen LogP contribution in [0.4, 0.5) is 10.1 Å². The highest BCUT2D eigenvalue weighted by molar-refractivity contribution is 5.88. The zero-order chi connectivity index (χ0) is 21.8. The minimum absolute atomic E-state index is 0.0249. The predicted octanol–water partition coefficient (Wildman–Crippen LogP) is 2.26. The number of rotatable bonds is 5. The number of piperazine rings is 1. The molecule has 2 heterocycles. The smallest absolute Gasteiger partial charge is 0.245 e. The number of halogens is 1. The average molecular weight is 424 g/mol. The summed E-state index contributed by atoms with van der Waals surface area (Å²) in [6.45, 7) is 2.41. The Morgan fingerprint density at radius 3 is 2.35 bits per heavy atom. The summed E-state index contributed by atoms with van der Waals surface area (Å²) < 4.78 is 18.3. The van der Waals surface area contributed by atoms with Gasteiger partial charge in [0.15, 0.2) is 0 Å². The standard InChI is InChI=1S/C23H25FN4O3/c1-31-20-8-2-17(3-9-20)21-10-11-22(29)28(25-21)16-23(30)27-14-12-26(13-15-27)19-6-4-18(24)5-7-19/h2-10,25H,11-16H2,1H3. The maximum atomic E-state index is 13.1. The van der Waals surface area contributed by atoms with Crippen molar-refractivity contribution in [2.75, 3.05) is 44.7 Å². The number of amides is 2. The van der Waals surface area contributed by atoms with Gasteiger partial charge in [-0.2, -0.15) is 0 Å². The fraction of sp³-hybridized carbons (Fsp3) is 0.304. The van der Waals surface area contributed by atoms with Gasteiger partial charge in [0.25, 0.3) is 0 Å². The van der Waals surface area contributed by atoms with Gasteiger partial charge in [0.1, 0.15) is 18.1 Å². The van der Waals surface area contributed by atoms with E-state index in [4.69, 9.17) is 4.74 Å². The number of hydrazine groups is 1. The van der Waals surface area contributed by atoms with Crippen molar-refractivity contribution in [2.24, 2.45) is 0 Å². The molecule has 0 atom stereocenters. The summed E-state index contributed by atoms with van der Waals surface area (Å²) in [5.41, 5.74) is 5.72. The highest BCUT2D eigenvalue weighted by atomic mass is 19.1. The molecule has 0 spiro atoms. The first kappa shape index (κ1) is 20.7. The molecule has 0 bridgehead atoms. The van der Waals surface area contributed by atoms with Gasteiger partial charge in [0, 0.05) is 38.3 Å². The molecule has 2 aromatic carbocycles.